The van der Waals surface area contributed by atoms with E-state index in [0.29, 0.717) is 18.8 Å². The van der Waals surface area contributed by atoms with Gasteiger partial charge < -0.3 is 10.6 Å². The lowest BCUT2D eigenvalue weighted by Gasteiger charge is -2.21. The summed E-state index contributed by atoms with van der Waals surface area (Å²) in [5, 5.41) is 12.4. The maximum Gasteiger partial charge on any atom is 0.235 e. The van der Waals surface area contributed by atoms with E-state index in [1.165, 1.54) is 10.6 Å². The molecule has 1 aromatic rings. The van der Waals surface area contributed by atoms with E-state index in [4.69, 9.17) is 0 Å². The molecule has 0 saturated carbocycles. The number of nitrogens with one attached hydrogen (secondary N) is 2. The molecule has 2 rings (SSSR count). The van der Waals surface area contributed by atoms with Gasteiger partial charge in [-0.2, -0.15) is 10.1 Å². The van der Waals surface area contributed by atoms with Crippen LogP contribution < -0.4 is 10.6 Å². The average molecular weight is 419 g/mol. The van der Waals surface area contributed by atoms with Crippen LogP contribution in [-0.2, 0) is 4.79 Å². The van der Waals surface area contributed by atoms with Gasteiger partial charge in [0, 0.05) is 17.3 Å². The van der Waals surface area contributed by atoms with Gasteiger partial charge in [-0.1, -0.05) is 62.1 Å². The van der Waals surface area contributed by atoms with Crippen molar-refractivity contribution in [3.63, 3.8) is 0 Å². The fourth-order valence-corrected chi connectivity index (χ4v) is 3.25. The van der Waals surface area contributed by atoms with Crippen LogP contribution in [0.4, 0.5) is 5.69 Å². The van der Waals surface area contributed by atoms with Crippen LogP contribution in [0.3, 0.4) is 0 Å². The predicted octanol–water partition coefficient (Wildman–Crippen LogP) is 5.67. The molecule has 0 spiro atoms. The standard InChI is InChI=1S/C26H34N4O/c1-6-24(18-27-25-15-12-13-20(2)17-25)28-23(5)30(19-31)29-22(4)26-16-11-9-7-8-10-14-21(26)3/h6,9-17,19,21,27-28H,5,7-8,18H2,1-4H3/b11-9-,14-10?,24-6-,26-16+,29-22+. The average Bonchev–Trinajstić information content (AvgIpc) is 2.86. The lowest BCUT2D eigenvalue weighted by Crippen LogP contribution is -2.29. The van der Waals surface area contributed by atoms with Crippen LogP contribution in [-0.4, -0.2) is 23.7 Å². The molecule has 1 unspecified atom stereocenters. The number of carbonyl (C=O) groups is 1. The second-order valence-electron chi connectivity index (χ2n) is 7.59. The van der Waals surface area contributed by atoms with Gasteiger partial charge in [0.2, 0.25) is 6.41 Å². The number of hydrogen-bond acceptors (Lipinski definition) is 4. The number of rotatable bonds is 9. The summed E-state index contributed by atoms with van der Waals surface area (Å²) < 4.78 is 0. The van der Waals surface area contributed by atoms with E-state index in [9.17, 15) is 4.79 Å². The number of nitrogens with zero attached hydrogens (tertiary/aromatic N) is 2. The lowest BCUT2D eigenvalue weighted by molar-refractivity contribution is -0.116. The molecule has 1 aliphatic carbocycles. The molecule has 31 heavy (non-hydrogen) atoms. The molecule has 5 nitrogen and oxygen atoms in total. The number of amides is 1. The van der Waals surface area contributed by atoms with Gasteiger partial charge in [-0.05, 0) is 56.9 Å². The fraction of sp³-hybridized carbons (Fsp3) is 0.308. The molecule has 0 radical (unpaired) electrons. The highest BCUT2D eigenvalue weighted by molar-refractivity contribution is 5.99. The zero-order valence-corrected chi connectivity index (χ0v) is 19.1. The Balaban J connectivity index is 2.07. The van der Waals surface area contributed by atoms with Crippen LogP contribution in [0.2, 0.25) is 0 Å². The van der Waals surface area contributed by atoms with Crippen molar-refractivity contribution in [2.75, 3.05) is 11.9 Å². The molecule has 0 bridgehead atoms. The van der Waals surface area contributed by atoms with Gasteiger partial charge in [0.1, 0.15) is 5.82 Å². The number of anilines is 1. The Morgan fingerprint density at radius 3 is 2.81 bits per heavy atom. The highest BCUT2D eigenvalue weighted by Gasteiger charge is 2.13. The quantitative estimate of drug-likeness (QED) is 0.235. The van der Waals surface area contributed by atoms with E-state index in [2.05, 4.69) is 78.7 Å². The van der Waals surface area contributed by atoms with Crippen molar-refractivity contribution in [2.45, 2.75) is 40.5 Å². The molecule has 1 atom stereocenters. The van der Waals surface area contributed by atoms with Gasteiger partial charge in [0.15, 0.2) is 0 Å². The van der Waals surface area contributed by atoms with Crippen molar-refractivity contribution >= 4 is 17.8 Å². The summed E-state index contributed by atoms with van der Waals surface area (Å²) in [4.78, 5) is 11.7. The summed E-state index contributed by atoms with van der Waals surface area (Å²) >= 11 is 0. The largest absolute Gasteiger partial charge is 0.379 e. The summed E-state index contributed by atoms with van der Waals surface area (Å²) in [5.41, 5.74) is 4.97. The van der Waals surface area contributed by atoms with Crippen molar-refractivity contribution in [2.24, 2.45) is 11.0 Å². The molecule has 0 fully saturated rings. The minimum Gasteiger partial charge on any atom is -0.379 e. The third-order valence-electron chi connectivity index (χ3n) is 5.03. The highest BCUT2D eigenvalue weighted by Crippen LogP contribution is 2.18. The molecule has 1 aromatic carbocycles. The second kappa shape index (κ2) is 12.4. The maximum atomic E-state index is 11.7. The monoisotopic (exact) mass is 418 g/mol. The Morgan fingerprint density at radius 2 is 2.10 bits per heavy atom. The Kier molecular flexibility index (Phi) is 9.56. The fourth-order valence-electron chi connectivity index (χ4n) is 3.25. The first-order chi connectivity index (χ1) is 14.9. The third-order valence-corrected chi connectivity index (χ3v) is 5.03. The molecule has 0 aliphatic heterocycles. The molecule has 2 N–H and O–H groups in total. The molecule has 5 heteroatoms. The lowest BCUT2D eigenvalue weighted by atomic mass is 9.96. The van der Waals surface area contributed by atoms with Gasteiger partial charge in [-0.3, -0.25) is 4.79 Å². The minimum atomic E-state index is 0.214. The Bertz CT molecular complexity index is 921. The highest BCUT2D eigenvalue weighted by atomic mass is 16.1. The van der Waals surface area contributed by atoms with Crippen LogP contribution in [0.15, 0.2) is 89.5 Å². The first-order valence-corrected chi connectivity index (χ1v) is 10.7. The molecule has 0 aromatic heterocycles. The number of allylic oxidation sites excluding steroid dienone is 7. The molecule has 1 amide bonds. The van der Waals surface area contributed by atoms with Gasteiger partial charge in [-0.15, -0.1) is 0 Å². The SMILES string of the molecule is C=C(N/C(=C\C)CNc1cccc(C)c1)N(C=O)/N=C(C)/C1=C/C=C\CCC=CC1C. The normalized spacial score (nSPS) is 19.9. The zero-order valence-electron chi connectivity index (χ0n) is 19.1. The van der Waals surface area contributed by atoms with Crippen LogP contribution in [0.25, 0.3) is 0 Å². The summed E-state index contributed by atoms with van der Waals surface area (Å²) in [6.07, 6.45) is 15.3. The number of hydrazone groups is 1. The zero-order chi connectivity index (χ0) is 22.6. The predicted molar refractivity (Wildman–Crippen MR) is 131 cm³/mol. The van der Waals surface area contributed by atoms with Gasteiger partial charge in [-0.25, -0.2) is 0 Å². The van der Waals surface area contributed by atoms with Crippen LogP contribution in [0, 0.1) is 12.8 Å². The summed E-state index contributed by atoms with van der Waals surface area (Å²) in [5.74, 6) is 0.613. The van der Waals surface area contributed by atoms with Gasteiger partial charge in [0.05, 0.1) is 12.3 Å². The minimum absolute atomic E-state index is 0.214. The summed E-state index contributed by atoms with van der Waals surface area (Å²) in [6, 6.07) is 8.18. The van der Waals surface area contributed by atoms with Crippen molar-refractivity contribution in [1.29, 1.82) is 0 Å². The Morgan fingerprint density at radius 1 is 1.32 bits per heavy atom. The van der Waals surface area contributed by atoms with E-state index in [1.807, 2.05) is 32.1 Å². The molecular weight excluding hydrogens is 384 g/mol. The maximum absolute atomic E-state index is 11.7. The van der Waals surface area contributed by atoms with E-state index in [0.717, 1.165) is 35.5 Å². The number of aryl methyl sites for hydroxylation is 1. The van der Waals surface area contributed by atoms with Crippen molar-refractivity contribution in [3.05, 3.63) is 90.0 Å². The van der Waals surface area contributed by atoms with Crippen molar-refractivity contribution < 1.29 is 4.79 Å². The summed E-state index contributed by atoms with van der Waals surface area (Å²) in [7, 11) is 0. The first-order valence-electron chi connectivity index (χ1n) is 10.7. The first kappa shape index (κ1) is 23.9. The van der Waals surface area contributed by atoms with Crippen molar-refractivity contribution in [1.82, 2.24) is 10.3 Å². The summed E-state index contributed by atoms with van der Waals surface area (Å²) in [6.45, 7) is 12.6. The van der Waals surface area contributed by atoms with Crippen LogP contribution in [0.1, 0.15) is 39.2 Å². The van der Waals surface area contributed by atoms with E-state index < -0.39 is 0 Å². The van der Waals surface area contributed by atoms with Gasteiger partial charge in [0.25, 0.3) is 0 Å². The third kappa shape index (κ3) is 7.78. The van der Waals surface area contributed by atoms with Crippen molar-refractivity contribution in [3.8, 4) is 0 Å². The topological polar surface area (TPSA) is 56.7 Å². The number of hydrogen-bond donors (Lipinski definition) is 2. The van der Waals surface area contributed by atoms with Crippen LogP contribution >= 0.6 is 0 Å². The molecular formula is C26H34N4O. The molecule has 1 aliphatic rings. The number of benzene rings is 1. The van der Waals surface area contributed by atoms with E-state index in [-0.39, 0.29) is 5.92 Å². The molecule has 0 heterocycles. The van der Waals surface area contributed by atoms with E-state index >= 15 is 0 Å². The van der Waals surface area contributed by atoms with Gasteiger partial charge >= 0.3 is 0 Å². The second-order valence-corrected chi connectivity index (χ2v) is 7.59. The molecule has 164 valence electrons. The smallest absolute Gasteiger partial charge is 0.235 e. The van der Waals surface area contributed by atoms with Crippen LogP contribution in [0.5, 0.6) is 0 Å². The Hall–Kier alpha value is -3.34. The molecule has 0 saturated heterocycles. The Labute approximate surface area is 186 Å². The number of carbonyl (C=O) groups excluding carboxylic acids is 1. The van der Waals surface area contributed by atoms with E-state index in [1.54, 1.807) is 0 Å².